The van der Waals surface area contributed by atoms with Crippen LogP contribution in [0.2, 0.25) is 0 Å². The fraction of sp³-hybridized carbons (Fsp3) is 0.364. The van der Waals surface area contributed by atoms with Crippen LogP contribution in [0.5, 0.6) is 0 Å². The summed E-state index contributed by atoms with van der Waals surface area (Å²) in [6, 6.07) is 4.72. The molecule has 1 N–H and O–H groups in total. The van der Waals surface area contributed by atoms with Crippen LogP contribution in [0.15, 0.2) is 18.2 Å². The summed E-state index contributed by atoms with van der Waals surface area (Å²) in [5, 5.41) is 2.57. The zero-order valence-electron chi connectivity index (χ0n) is 9.07. The molecule has 0 aliphatic carbocycles. The molecule has 1 heterocycles. The fourth-order valence-corrected chi connectivity index (χ4v) is 1.04. The Labute approximate surface area is 88.7 Å². The minimum Gasteiger partial charge on any atom is -0.341 e. The van der Waals surface area contributed by atoms with E-state index < -0.39 is 6.04 Å². The van der Waals surface area contributed by atoms with Gasteiger partial charge in [0, 0.05) is 5.69 Å². The highest BCUT2D eigenvalue weighted by molar-refractivity contribution is 5.95. The summed E-state index contributed by atoms with van der Waals surface area (Å²) >= 11 is 0. The number of pyridine rings is 1. The Morgan fingerprint density at radius 2 is 2.07 bits per heavy atom. The monoisotopic (exact) mass is 206 g/mol. The summed E-state index contributed by atoms with van der Waals surface area (Å²) in [6.45, 7) is 4.90. The molecule has 15 heavy (non-hydrogen) atoms. The van der Waals surface area contributed by atoms with Crippen LogP contribution in [-0.4, -0.2) is 22.7 Å². The summed E-state index contributed by atoms with van der Waals surface area (Å²) in [6.07, 6.45) is 0. The second-order valence-electron chi connectivity index (χ2n) is 3.47. The molecule has 4 nitrogen and oxygen atoms in total. The highest BCUT2D eigenvalue weighted by Crippen LogP contribution is 1.98. The maximum absolute atomic E-state index is 11.6. The second kappa shape index (κ2) is 4.68. The van der Waals surface area contributed by atoms with E-state index in [1.54, 1.807) is 19.1 Å². The molecular weight excluding hydrogens is 192 g/mol. The van der Waals surface area contributed by atoms with Crippen LogP contribution in [0, 0.1) is 6.92 Å². The van der Waals surface area contributed by atoms with Crippen molar-refractivity contribution in [1.29, 1.82) is 0 Å². The molecule has 1 amide bonds. The maximum atomic E-state index is 11.6. The second-order valence-corrected chi connectivity index (χ2v) is 3.47. The zero-order chi connectivity index (χ0) is 11.4. The van der Waals surface area contributed by atoms with E-state index in [1.165, 1.54) is 6.92 Å². The van der Waals surface area contributed by atoms with Gasteiger partial charge in [0.1, 0.15) is 5.69 Å². The molecule has 1 unspecified atom stereocenters. The molecule has 0 radical (unpaired) electrons. The van der Waals surface area contributed by atoms with Crippen molar-refractivity contribution in [2.24, 2.45) is 0 Å². The SMILES string of the molecule is CC(=O)C(C)NC(=O)c1cccc(C)n1. The summed E-state index contributed by atoms with van der Waals surface area (Å²) in [7, 11) is 0. The Bertz CT molecular complexity index is 388. The van der Waals surface area contributed by atoms with E-state index in [9.17, 15) is 9.59 Å². The molecule has 80 valence electrons. The van der Waals surface area contributed by atoms with E-state index in [-0.39, 0.29) is 11.7 Å². The summed E-state index contributed by atoms with van der Waals surface area (Å²) in [4.78, 5) is 26.6. The summed E-state index contributed by atoms with van der Waals surface area (Å²) < 4.78 is 0. The van der Waals surface area contributed by atoms with Gasteiger partial charge in [0.05, 0.1) is 6.04 Å². The maximum Gasteiger partial charge on any atom is 0.270 e. The minimum atomic E-state index is -0.472. The Balaban J connectivity index is 2.73. The van der Waals surface area contributed by atoms with Crippen molar-refractivity contribution >= 4 is 11.7 Å². The molecule has 0 aliphatic heterocycles. The van der Waals surface area contributed by atoms with Crippen LogP contribution in [0.1, 0.15) is 30.0 Å². The first-order valence-corrected chi connectivity index (χ1v) is 4.75. The molecule has 4 heteroatoms. The molecule has 1 rings (SSSR count). The van der Waals surface area contributed by atoms with Crippen LogP contribution < -0.4 is 5.32 Å². The number of aryl methyl sites for hydroxylation is 1. The van der Waals surface area contributed by atoms with Crippen molar-refractivity contribution in [3.05, 3.63) is 29.6 Å². The molecule has 0 saturated heterocycles. The van der Waals surface area contributed by atoms with E-state index in [0.29, 0.717) is 5.69 Å². The van der Waals surface area contributed by atoms with E-state index in [4.69, 9.17) is 0 Å². The van der Waals surface area contributed by atoms with Gasteiger partial charge in [-0.05, 0) is 32.9 Å². The standard InChI is InChI=1S/C11H14N2O2/c1-7-5-4-6-10(12-7)11(15)13-8(2)9(3)14/h4-6,8H,1-3H3,(H,13,15). The number of nitrogens with one attached hydrogen (secondary N) is 1. The van der Waals surface area contributed by atoms with Crippen LogP contribution >= 0.6 is 0 Å². The third-order valence-electron chi connectivity index (χ3n) is 2.08. The minimum absolute atomic E-state index is 0.0731. The van der Waals surface area contributed by atoms with Gasteiger partial charge in [0.2, 0.25) is 0 Å². The van der Waals surface area contributed by atoms with Crippen LogP contribution in [0.3, 0.4) is 0 Å². The highest BCUT2D eigenvalue weighted by atomic mass is 16.2. The van der Waals surface area contributed by atoms with Gasteiger partial charge < -0.3 is 5.32 Å². The Morgan fingerprint density at radius 1 is 1.40 bits per heavy atom. The zero-order valence-corrected chi connectivity index (χ0v) is 9.07. The van der Waals surface area contributed by atoms with Crippen molar-refractivity contribution in [2.45, 2.75) is 26.8 Å². The lowest BCUT2D eigenvalue weighted by atomic mass is 10.2. The molecule has 0 saturated carbocycles. The Hall–Kier alpha value is -1.71. The highest BCUT2D eigenvalue weighted by Gasteiger charge is 2.13. The van der Waals surface area contributed by atoms with E-state index >= 15 is 0 Å². The molecule has 0 aromatic carbocycles. The molecule has 0 aliphatic rings. The average Bonchev–Trinajstić information content (AvgIpc) is 2.17. The number of carbonyl (C=O) groups is 2. The number of ketones is 1. The van der Waals surface area contributed by atoms with Crippen molar-refractivity contribution in [2.75, 3.05) is 0 Å². The smallest absolute Gasteiger partial charge is 0.270 e. The number of rotatable bonds is 3. The first kappa shape index (κ1) is 11.4. The lowest BCUT2D eigenvalue weighted by Crippen LogP contribution is -2.37. The van der Waals surface area contributed by atoms with Crippen LogP contribution in [0.25, 0.3) is 0 Å². The average molecular weight is 206 g/mol. The molecule has 0 bridgehead atoms. The molecule has 0 spiro atoms. The number of nitrogens with zero attached hydrogens (tertiary/aromatic N) is 1. The van der Waals surface area contributed by atoms with Crippen LogP contribution in [-0.2, 0) is 4.79 Å². The lowest BCUT2D eigenvalue weighted by molar-refractivity contribution is -0.118. The van der Waals surface area contributed by atoms with Gasteiger partial charge in [-0.15, -0.1) is 0 Å². The van der Waals surface area contributed by atoms with E-state index in [2.05, 4.69) is 10.3 Å². The number of hydrogen-bond donors (Lipinski definition) is 1. The normalized spacial score (nSPS) is 11.9. The van der Waals surface area contributed by atoms with Crippen molar-refractivity contribution < 1.29 is 9.59 Å². The van der Waals surface area contributed by atoms with Crippen molar-refractivity contribution in [3.63, 3.8) is 0 Å². The number of amides is 1. The Kier molecular flexibility index (Phi) is 3.55. The predicted molar refractivity (Wildman–Crippen MR) is 56.6 cm³/mol. The van der Waals surface area contributed by atoms with Gasteiger partial charge in [-0.25, -0.2) is 4.98 Å². The van der Waals surface area contributed by atoms with Crippen molar-refractivity contribution in [1.82, 2.24) is 10.3 Å². The van der Waals surface area contributed by atoms with Gasteiger partial charge in [-0.2, -0.15) is 0 Å². The topological polar surface area (TPSA) is 59.1 Å². The molecular formula is C11H14N2O2. The lowest BCUT2D eigenvalue weighted by Gasteiger charge is -2.09. The number of hydrogen-bond acceptors (Lipinski definition) is 3. The third kappa shape index (κ3) is 3.16. The summed E-state index contributed by atoms with van der Waals surface area (Å²) in [5.41, 5.74) is 1.11. The van der Waals surface area contributed by atoms with Gasteiger partial charge in [-0.1, -0.05) is 6.07 Å². The van der Waals surface area contributed by atoms with E-state index in [0.717, 1.165) is 5.69 Å². The molecule has 1 aromatic rings. The predicted octanol–water partition coefficient (Wildman–Crippen LogP) is 1.10. The fourth-order valence-electron chi connectivity index (χ4n) is 1.04. The van der Waals surface area contributed by atoms with Gasteiger partial charge in [-0.3, -0.25) is 9.59 Å². The first-order valence-electron chi connectivity index (χ1n) is 4.75. The van der Waals surface area contributed by atoms with Gasteiger partial charge >= 0.3 is 0 Å². The van der Waals surface area contributed by atoms with Crippen LogP contribution in [0.4, 0.5) is 0 Å². The molecule has 1 aromatic heterocycles. The van der Waals surface area contributed by atoms with Gasteiger partial charge in [0.15, 0.2) is 5.78 Å². The number of aromatic nitrogens is 1. The Morgan fingerprint density at radius 3 is 2.60 bits per heavy atom. The van der Waals surface area contributed by atoms with Crippen molar-refractivity contribution in [3.8, 4) is 0 Å². The van der Waals surface area contributed by atoms with E-state index in [1.807, 2.05) is 13.0 Å². The first-order chi connectivity index (χ1) is 7.00. The molecule has 1 atom stereocenters. The largest absolute Gasteiger partial charge is 0.341 e. The van der Waals surface area contributed by atoms with Gasteiger partial charge in [0.25, 0.3) is 5.91 Å². The number of Topliss-reactive ketones (excluding diaryl/α,β-unsaturated/α-hetero) is 1. The number of carbonyl (C=O) groups excluding carboxylic acids is 2. The molecule has 0 fully saturated rings. The summed E-state index contributed by atoms with van der Waals surface area (Å²) in [5.74, 6) is -0.391. The third-order valence-corrected chi connectivity index (χ3v) is 2.08. The quantitative estimate of drug-likeness (QED) is 0.805.